The molecule has 1 heterocycles. The third-order valence-corrected chi connectivity index (χ3v) is 5.13. The number of methoxy groups -OCH3 is 2. The highest BCUT2D eigenvalue weighted by atomic mass is 32.1. The van der Waals surface area contributed by atoms with Gasteiger partial charge in [0.1, 0.15) is 10.8 Å². The van der Waals surface area contributed by atoms with Crippen molar-refractivity contribution in [2.75, 3.05) is 24.9 Å². The standard InChI is InChI=1S/C18H22N2O3S2/c1-6-13-11(3)25-16(15(13)17(21)23-5)20-18(24)19-14-8-7-12(22-4)9-10(14)2/h7-9H,6H2,1-5H3,(H2,19,20,24). The van der Waals surface area contributed by atoms with E-state index in [0.29, 0.717) is 15.7 Å². The van der Waals surface area contributed by atoms with Crippen LogP contribution in [0.4, 0.5) is 10.7 Å². The van der Waals surface area contributed by atoms with Crippen LogP contribution in [0.25, 0.3) is 0 Å². The molecule has 1 aromatic carbocycles. The molecule has 0 amide bonds. The first-order valence-corrected chi connectivity index (χ1v) is 9.06. The Balaban J connectivity index is 2.22. The van der Waals surface area contributed by atoms with Crippen molar-refractivity contribution in [2.24, 2.45) is 0 Å². The van der Waals surface area contributed by atoms with E-state index in [1.807, 2.05) is 39.0 Å². The Morgan fingerprint density at radius 1 is 1.24 bits per heavy atom. The second kappa shape index (κ2) is 8.31. The van der Waals surface area contributed by atoms with E-state index < -0.39 is 0 Å². The fraction of sp³-hybridized carbons (Fsp3) is 0.333. The van der Waals surface area contributed by atoms with Crippen molar-refractivity contribution in [3.8, 4) is 5.75 Å². The molecular formula is C18H22N2O3S2. The van der Waals surface area contributed by atoms with E-state index in [-0.39, 0.29) is 5.97 Å². The maximum atomic E-state index is 12.2. The third kappa shape index (κ3) is 4.29. The van der Waals surface area contributed by atoms with Crippen molar-refractivity contribution in [1.29, 1.82) is 0 Å². The van der Waals surface area contributed by atoms with Crippen molar-refractivity contribution >= 4 is 45.3 Å². The van der Waals surface area contributed by atoms with Crippen molar-refractivity contribution in [1.82, 2.24) is 0 Å². The lowest BCUT2D eigenvalue weighted by molar-refractivity contribution is 0.0601. The number of thiocarbonyl (C=S) groups is 1. The molecule has 2 rings (SSSR count). The van der Waals surface area contributed by atoms with Gasteiger partial charge in [0.05, 0.1) is 19.8 Å². The number of ether oxygens (including phenoxy) is 2. The van der Waals surface area contributed by atoms with E-state index in [0.717, 1.165) is 33.9 Å². The highest BCUT2D eigenvalue weighted by Gasteiger charge is 2.22. The number of carbonyl (C=O) groups is 1. The minimum Gasteiger partial charge on any atom is -0.497 e. The highest BCUT2D eigenvalue weighted by molar-refractivity contribution is 7.80. The Bertz CT molecular complexity index is 800. The second-order valence-corrected chi connectivity index (χ2v) is 7.08. The van der Waals surface area contributed by atoms with Gasteiger partial charge in [-0.2, -0.15) is 0 Å². The van der Waals surface area contributed by atoms with Crippen LogP contribution < -0.4 is 15.4 Å². The van der Waals surface area contributed by atoms with Crippen LogP contribution in [0.2, 0.25) is 0 Å². The van der Waals surface area contributed by atoms with Gasteiger partial charge in [-0.25, -0.2) is 4.79 Å². The summed E-state index contributed by atoms with van der Waals surface area (Å²) in [6, 6.07) is 5.69. The summed E-state index contributed by atoms with van der Waals surface area (Å²) in [4.78, 5) is 13.2. The molecule has 1 aromatic heterocycles. The first kappa shape index (κ1) is 19.2. The number of nitrogens with one attached hydrogen (secondary N) is 2. The molecular weight excluding hydrogens is 356 g/mol. The minimum atomic E-state index is -0.355. The summed E-state index contributed by atoms with van der Waals surface area (Å²) in [7, 11) is 3.02. The van der Waals surface area contributed by atoms with Gasteiger partial charge >= 0.3 is 5.97 Å². The SMILES string of the molecule is CCc1c(C)sc(NC(=S)Nc2ccc(OC)cc2C)c1C(=O)OC. The average molecular weight is 379 g/mol. The van der Waals surface area contributed by atoms with Crippen LogP contribution >= 0.6 is 23.6 Å². The van der Waals surface area contributed by atoms with Crippen LogP contribution in [0.15, 0.2) is 18.2 Å². The Hall–Kier alpha value is -2.12. The summed E-state index contributed by atoms with van der Waals surface area (Å²) >= 11 is 6.91. The van der Waals surface area contributed by atoms with Crippen LogP contribution in [-0.4, -0.2) is 25.3 Å². The van der Waals surface area contributed by atoms with Crippen molar-refractivity contribution < 1.29 is 14.3 Å². The van der Waals surface area contributed by atoms with Crippen LogP contribution in [0.3, 0.4) is 0 Å². The van der Waals surface area contributed by atoms with Gasteiger partial charge in [0, 0.05) is 10.6 Å². The minimum absolute atomic E-state index is 0.355. The molecule has 5 nitrogen and oxygen atoms in total. The zero-order valence-electron chi connectivity index (χ0n) is 15.0. The van der Waals surface area contributed by atoms with Gasteiger partial charge in [0.25, 0.3) is 0 Å². The zero-order valence-corrected chi connectivity index (χ0v) is 16.6. The van der Waals surface area contributed by atoms with Crippen molar-refractivity contribution in [2.45, 2.75) is 27.2 Å². The highest BCUT2D eigenvalue weighted by Crippen LogP contribution is 2.34. The van der Waals surface area contributed by atoms with Crippen LogP contribution in [-0.2, 0) is 11.2 Å². The van der Waals surface area contributed by atoms with Crippen LogP contribution in [0.5, 0.6) is 5.75 Å². The van der Waals surface area contributed by atoms with E-state index in [4.69, 9.17) is 21.7 Å². The summed E-state index contributed by atoms with van der Waals surface area (Å²) in [5.41, 5.74) is 3.43. The van der Waals surface area contributed by atoms with E-state index in [1.165, 1.54) is 18.4 Å². The number of hydrogen-bond donors (Lipinski definition) is 2. The molecule has 0 aliphatic carbocycles. The number of anilines is 2. The maximum Gasteiger partial charge on any atom is 0.341 e. The number of thiophene rings is 1. The molecule has 0 radical (unpaired) electrons. The molecule has 0 saturated carbocycles. The number of carbonyl (C=O) groups excluding carboxylic acids is 1. The van der Waals surface area contributed by atoms with Crippen molar-refractivity contribution in [3.05, 3.63) is 39.8 Å². The Morgan fingerprint density at radius 3 is 2.52 bits per heavy atom. The second-order valence-electron chi connectivity index (χ2n) is 5.45. The molecule has 134 valence electrons. The monoisotopic (exact) mass is 378 g/mol. The Kier molecular flexibility index (Phi) is 6.39. The third-order valence-electron chi connectivity index (χ3n) is 3.86. The average Bonchev–Trinajstić information content (AvgIpc) is 2.90. The van der Waals surface area contributed by atoms with Gasteiger partial charge in [0.15, 0.2) is 5.11 Å². The van der Waals surface area contributed by atoms with E-state index in [2.05, 4.69) is 10.6 Å². The Morgan fingerprint density at radius 2 is 1.96 bits per heavy atom. The smallest absolute Gasteiger partial charge is 0.341 e. The van der Waals surface area contributed by atoms with Gasteiger partial charge in [-0.15, -0.1) is 11.3 Å². The molecule has 7 heteroatoms. The molecule has 25 heavy (non-hydrogen) atoms. The lowest BCUT2D eigenvalue weighted by Crippen LogP contribution is -2.20. The summed E-state index contributed by atoms with van der Waals surface area (Å²) < 4.78 is 10.1. The predicted molar refractivity (Wildman–Crippen MR) is 107 cm³/mol. The first-order chi connectivity index (χ1) is 11.9. The van der Waals surface area contributed by atoms with Crippen LogP contribution in [0, 0.1) is 13.8 Å². The molecule has 0 aliphatic heterocycles. The van der Waals surface area contributed by atoms with E-state index in [9.17, 15) is 4.79 Å². The summed E-state index contributed by atoms with van der Waals surface area (Å²) in [6.45, 7) is 5.98. The Labute approximate surface area is 157 Å². The van der Waals surface area contributed by atoms with Crippen LogP contribution in [0.1, 0.15) is 33.3 Å². The molecule has 0 unspecified atom stereocenters. The molecule has 0 atom stereocenters. The normalized spacial score (nSPS) is 10.3. The lowest BCUT2D eigenvalue weighted by atomic mass is 10.1. The molecule has 0 bridgehead atoms. The number of esters is 1. The number of aryl methyl sites for hydroxylation is 2. The first-order valence-electron chi connectivity index (χ1n) is 7.84. The predicted octanol–water partition coefficient (Wildman–Crippen LogP) is 4.53. The summed E-state index contributed by atoms with van der Waals surface area (Å²) in [5.74, 6) is 0.434. The van der Waals surface area contributed by atoms with Gasteiger partial charge in [0.2, 0.25) is 0 Å². The zero-order chi connectivity index (χ0) is 18.6. The van der Waals surface area contributed by atoms with Gasteiger partial charge in [-0.05, 0) is 61.8 Å². The van der Waals surface area contributed by atoms with E-state index >= 15 is 0 Å². The number of rotatable bonds is 5. The maximum absolute atomic E-state index is 12.2. The topological polar surface area (TPSA) is 59.6 Å². The number of benzene rings is 1. The summed E-state index contributed by atoms with van der Waals surface area (Å²) in [6.07, 6.45) is 0.756. The largest absolute Gasteiger partial charge is 0.497 e. The fourth-order valence-corrected chi connectivity index (χ4v) is 3.98. The molecule has 0 aliphatic rings. The fourth-order valence-electron chi connectivity index (χ4n) is 2.57. The number of hydrogen-bond acceptors (Lipinski definition) is 5. The van der Waals surface area contributed by atoms with Crippen molar-refractivity contribution in [3.63, 3.8) is 0 Å². The molecule has 2 aromatic rings. The summed E-state index contributed by atoms with van der Waals surface area (Å²) in [5, 5.41) is 7.41. The van der Waals surface area contributed by atoms with Gasteiger partial charge in [-0.3, -0.25) is 0 Å². The quantitative estimate of drug-likeness (QED) is 0.589. The van der Waals surface area contributed by atoms with Gasteiger partial charge < -0.3 is 20.1 Å². The van der Waals surface area contributed by atoms with E-state index in [1.54, 1.807) is 7.11 Å². The van der Waals surface area contributed by atoms with Gasteiger partial charge in [-0.1, -0.05) is 6.92 Å². The molecule has 0 saturated heterocycles. The molecule has 2 N–H and O–H groups in total. The molecule has 0 spiro atoms. The molecule has 0 fully saturated rings. The lowest BCUT2D eigenvalue weighted by Gasteiger charge is -2.13.